The minimum absolute atomic E-state index is 0.146. The number of carbonyl (C=O) groups excluding carboxylic acids is 1. The molecule has 0 aliphatic heterocycles. The normalized spacial score (nSPS) is 15.6. The van der Waals surface area contributed by atoms with E-state index in [0.717, 1.165) is 12.7 Å². The zero-order valence-corrected chi connectivity index (χ0v) is 13.0. The second-order valence-electron chi connectivity index (χ2n) is 5.73. The molecule has 0 heterocycles. The predicted octanol–water partition coefficient (Wildman–Crippen LogP) is 4.10. The molecule has 0 rings (SSSR count). The molecule has 17 heavy (non-hydrogen) atoms. The number of rotatable bonds is 6. The molecule has 2 nitrogen and oxygen atoms in total. The van der Waals surface area contributed by atoms with Crippen LogP contribution in [0.3, 0.4) is 0 Å². The minimum atomic E-state index is -1.70. The number of hydrogen-bond donors (Lipinski definition) is 0. The molecule has 0 aliphatic rings. The zero-order chi connectivity index (χ0) is 13.5. The van der Waals surface area contributed by atoms with Gasteiger partial charge in [-0.3, -0.25) is 4.79 Å². The van der Waals surface area contributed by atoms with Gasteiger partial charge in [0.1, 0.15) is 6.29 Å². The van der Waals surface area contributed by atoms with Crippen LogP contribution in [-0.4, -0.2) is 20.7 Å². The SMILES string of the molecule is CC[C@H](/C=C/C=C/C=O)O[Si](C)(C)C(C)(C)C. The van der Waals surface area contributed by atoms with Gasteiger partial charge in [0.2, 0.25) is 0 Å². The van der Waals surface area contributed by atoms with Crippen molar-refractivity contribution in [2.45, 2.75) is 58.4 Å². The first-order valence-electron chi connectivity index (χ1n) is 6.21. The Morgan fingerprint density at radius 1 is 1.18 bits per heavy atom. The Kier molecular flexibility index (Phi) is 6.64. The lowest BCUT2D eigenvalue weighted by Crippen LogP contribution is -2.43. The van der Waals surface area contributed by atoms with Crippen LogP contribution in [0.5, 0.6) is 0 Å². The third kappa shape index (κ3) is 5.98. The lowest BCUT2D eigenvalue weighted by molar-refractivity contribution is -0.104. The van der Waals surface area contributed by atoms with Crippen LogP contribution in [0.2, 0.25) is 18.1 Å². The molecule has 0 aromatic carbocycles. The monoisotopic (exact) mass is 254 g/mol. The average molecular weight is 254 g/mol. The summed E-state index contributed by atoms with van der Waals surface area (Å²) in [5, 5.41) is 0.229. The van der Waals surface area contributed by atoms with E-state index in [9.17, 15) is 4.79 Å². The van der Waals surface area contributed by atoms with Crippen molar-refractivity contribution in [2.75, 3.05) is 0 Å². The summed E-state index contributed by atoms with van der Waals surface area (Å²) >= 11 is 0. The summed E-state index contributed by atoms with van der Waals surface area (Å²) in [7, 11) is -1.70. The average Bonchev–Trinajstić information content (AvgIpc) is 2.20. The molecule has 1 atom stereocenters. The van der Waals surface area contributed by atoms with E-state index in [-0.39, 0.29) is 11.1 Å². The first-order valence-corrected chi connectivity index (χ1v) is 9.12. The van der Waals surface area contributed by atoms with Crippen LogP contribution < -0.4 is 0 Å². The van der Waals surface area contributed by atoms with E-state index in [0.29, 0.717) is 0 Å². The second-order valence-corrected chi connectivity index (χ2v) is 10.5. The van der Waals surface area contributed by atoms with Gasteiger partial charge in [-0.05, 0) is 30.6 Å². The molecule has 0 fully saturated rings. The number of hydrogen-bond acceptors (Lipinski definition) is 2. The van der Waals surface area contributed by atoms with E-state index < -0.39 is 8.32 Å². The van der Waals surface area contributed by atoms with Crippen molar-refractivity contribution < 1.29 is 9.22 Å². The highest BCUT2D eigenvalue weighted by Crippen LogP contribution is 2.37. The summed E-state index contributed by atoms with van der Waals surface area (Å²) in [4.78, 5) is 10.1. The minimum Gasteiger partial charge on any atom is -0.411 e. The van der Waals surface area contributed by atoms with Gasteiger partial charge in [0, 0.05) is 0 Å². The molecule has 98 valence electrons. The van der Waals surface area contributed by atoms with Crippen molar-refractivity contribution in [3.05, 3.63) is 24.3 Å². The molecule has 0 unspecified atom stereocenters. The highest BCUT2D eigenvalue weighted by Gasteiger charge is 2.38. The van der Waals surface area contributed by atoms with E-state index in [2.05, 4.69) is 40.8 Å². The number of aldehydes is 1. The van der Waals surface area contributed by atoms with Gasteiger partial charge >= 0.3 is 0 Å². The summed E-state index contributed by atoms with van der Waals surface area (Å²) in [6.07, 6.45) is 9.01. The van der Waals surface area contributed by atoms with Crippen LogP contribution in [-0.2, 0) is 9.22 Å². The second kappa shape index (κ2) is 6.92. The molecule has 0 saturated carbocycles. The maximum atomic E-state index is 10.1. The first kappa shape index (κ1) is 16.3. The summed E-state index contributed by atoms with van der Waals surface area (Å²) in [6.45, 7) is 13.3. The standard InChI is InChI=1S/C14H26O2Si/c1-7-13(11-9-8-10-12-15)16-17(5,6)14(2,3)4/h8-13H,7H2,1-6H3/b10-8+,11-9+/t13-/m1/s1. The van der Waals surface area contributed by atoms with E-state index in [1.807, 2.05) is 12.2 Å². The van der Waals surface area contributed by atoms with E-state index in [1.165, 1.54) is 6.08 Å². The smallest absolute Gasteiger partial charge is 0.192 e. The van der Waals surface area contributed by atoms with Gasteiger partial charge in [-0.15, -0.1) is 0 Å². The highest BCUT2D eigenvalue weighted by atomic mass is 28.4. The van der Waals surface area contributed by atoms with Crippen LogP contribution in [0.25, 0.3) is 0 Å². The summed E-state index contributed by atoms with van der Waals surface area (Å²) in [6, 6.07) is 0. The zero-order valence-electron chi connectivity index (χ0n) is 12.0. The van der Waals surface area contributed by atoms with Crippen LogP contribution >= 0.6 is 0 Å². The van der Waals surface area contributed by atoms with Crippen LogP contribution in [0, 0.1) is 0 Å². The third-order valence-electron chi connectivity index (χ3n) is 3.28. The van der Waals surface area contributed by atoms with E-state index in [1.54, 1.807) is 6.08 Å². The molecule has 0 aromatic rings. The van der Waals surface area contributed by atoms with Crippen LogP contribution in [0.1, 0.15) is 34.1 Å². The predicted molar refractivity (Wildman–Crippen MR) is 76.7 cm³/mol. The number of carbonyl (C=O) groups is 1. The largest absolute Gasteiger partial charge is 0.411 e. The highest BCUT2D eigenvalue weighted by molar-refractivity contribution is 6.74. The van der Waals surface area contributed by atoms with E-state index in [4.69, 9.17) is 4.43 Å². The van der Waals surface area contributed by atoms with Crippen molar-refractivity contribution in [3.8, 4) is 0 Å². The Balaban J connectivity index is 4.55. The van der Waals surface area contributed by atoms with Gasteiger partial charge in [0.25, 0.3) is 0 Å². The summed E-state index contributed by atoms with van der Waals surface area (Å²) < 4.78 is 6.26. The Labute approximate surface area is 107 Å². The Morgan fingerprint density at radius 2 is 1.76 bits per heavy atom. The lowest BCUT2D eigenvalue weighted by Gasteiger charge is -2.38. The quantitative estimate of drug-likeness (QED) is 0.309. The third-order valence-corrected chi connectivity index (χ3v) is 7.79. The molecule has 0 aliphatic carbocycles. The van der Waals surface area contributed by atoms with Crippen molar-refractivity contribution in [1.29, 1.82) is 0 Å². The fourth-order valence-corrected chi connectivity index (χ4v) is 2.47. The maximum Gasteiger partial charge on any atom is 0.192 e. The molecular weight excluding hydrogens is 228 g/mol. The molecule has 0 spiro atoms. The Morgan fingerprint density at radius 3 is 2.18 bits per heavy atom. The maximum absolute atomic E-state index is 10.1. The molecule has 0 saturated heterocycles. The van der Waals surface area contributed by atoms with Crippen molar-refractivity contribution in [3.63, 3.8) is 0 Å². The Bertz CT molecular complexity index is 285. The fraction of sp³-hybridized carbons (Fsp3) is 0.643. The van der Waals surface area contributed by atoms with Crippen molar-refractivity contribution >= 4 is 14.6 Å². The topological polar surface area (TPSA) is 26.3 Å². The molecule has 0 bridgehead atoms. The first-order chi connectivity index (χ1) is 7.74. The summed E-state index contributed by atoms with van der Waals surface area (Å²) in [5.74, 6) is 0. The molecule has 3 heteroatoms. The number of allylic oxidation sites excluding steroid dienone is 3. The fourth-order valence-electron chi connectivity index (χ4n) is 1.11. The molecular formula is C14H26O2Si. The van der Waals surface area contributed by atoms with Gasteiger partial charge < -0.3 is 4.43 Å². The van der Waals surface area contributed by atoms with E-state index >= 15 is 0 Å². The van der Waals surface area contributed by atoms with Gasteiger partial charge in [-0.2, -0.15) is 0 Å². The van der Waals surface area contributed by atoms with Crippen LogP contribution in [0.4, 0.5) is 0 Å². The van der Waals surface area contributed by atoms with Crippen LogP contribution in [0.15, 0.2) is 24.3 Å². The molecule has 0 amide bonds. The van der Waals surface area contributed by atoms with Gasteiger partial charge in [0.15, 0.2) is 8.32 Å². The lowest BCUT2D eigenvalue weighted by atomic mass is 10.2. The molecule has 0 radical (unpaired) electrons. The molecule has 0 N–H and O–H groups in total. The van der Waals surface area contributed by atoms with Gasteiger partial charge in [0.05, 0.1) is 6.10 Å². The summed E-state index contributed by atoms with van der Waals surface area (Å²) in [5.41, 5.74) is 0. The van der Waals surface area contributed by atoms with Gasteiger partial charge in [-0.25, -0.2) is 0 Å². The van der Waals surface area contributed by atoms with Crippen molar-refractivity contribution in [2.24, 2.45) is 0 Å². The van der Waals surface area contributed by atoms with Crippen molar-refractivity contribution in [1.82, 2.24) is 0 Å². The van der Waals surface area contributed by atoms with Gasteiger partial charge in [-0.1, -0.05) is 45.9 Å². The Hall–Kier alpha value is -0.673. The molecule has 0 aromatic heterocycles.